The van der Waals surface area contributed by atoms with Gasteiger partial charge >= 0.3 is 0 Å². The van der Waals surface area contributed by atoms with E-state index in [-0.39, 0.29) is 0 Å². The minimum Gasteiger partial charge on any atom is -0.365 e. The van der Waals surface area contributed by atoms with Gasteiger partial charge in [-0.15, -0.1) is 0 Å². The van der Waals surface area contributed by atoms with Crippen molar-refractivity contribution in [1.29, 1.82) is 0 Å². The summed E-state index contributed by atoms with van der Waals surface area (Å²) in [5.74, 6) is 1.75. The lowest BCUT2D eigenvalue weighted by Gasteiger charge is -2.32. The van der Waals surface area contributed by atoms with Crippen LogP contribution in [0.15, 0.2) is 12.3 Å². The van der Waals surface area contributed by atoms with Gasteiger partial charge in [0, 0.05) is 31.7 Å². The second-order valence-electron chi connectivity index (χ2n) is 5.48. The van der Waals surface area contributed by atoms with E-state index in [1.807, 2.05) is 13.0 Å². The van der Waals surface area contributed by atoms with E-state index in [0.29, 0.717) is 27.7 Å². The first-order chi connectivity index (χ1) is 11.0. The Bertz CT molecular complexity index is 717. The summed E-state index contributed by atoms with van der Waals surface area (Å²) >= 11 is 1.20. The molecule has 23 heavy (non-hydrogen) atoms. The lowest BCUT2D eigenvalue weighted by molar-refractivity contribution is 0.100. The average molecular weight is 333 g/mol. The molecule has 0 radical (unpaired) electrons. The van der Waals surface area contributed by atoms with E-state index in [2.05, 4.69) is 37.4 Å². The van der Waals surface area contributed by atoms with Crippen molar-refractivity contribution in [2.75, 3.05) is 29.9 Å². The highest BCUT2D eigenvalue weighted by Gasteiger charge is 2.18. The highest BCUT2D eigenvalue weighted by Crippen LogP contribution is 2.24. The molecule has 4 N–H and O–H groups in total. The lowest BCUT2D eigenvalue weighted by atomic mass is 10.2. The molecular formula is C14H19N7OS. The molecule has 1 fully saturated rings. The minimum atomic E-state index is -0.482. The van der Waals surface area contributed by atoms with E-state index in [4.69, 9.17) is 5.73 Å². The molecular weight excluding hydrogens is 314 g/mol. The van der Waals surface area contributed by atoms with Gasteiger partial charge < -0.3 is 21.3 Å². The maximum atomic E-state index is 11.1. The summed E-state index contributed by atoms with van der Waals surface area (Å²) in [6.45, 7) is 6.75. The van der Waals surface area contributed by atoms with Crippen molar-refractivity contribution in [3.8, 4) is 0 Å². The molecule has 0 unspecified atom stereocenters. The van der Waals surface area contributed by atoms with Crippen LogP contribution >= 0.6 is 11.3 Å². The van der Waals surface area contributed by atoms with Crippen LogP contribution in [0, 0.1) is 6.92 Å². The van der Waals surface area contributed by atoms with Crippen molar-refractivity contribution in [3.05, 3.63) is 23.0 Å². The summed E-state index contributed by atoms with van der Waals surface area (Å²) in [4.78, 5) is 26.8. The first kappa shape index (κ1) is 15.6. The molecule has 2 aromatic rings. The highest BCUT2D eigenvalue weighted by atomic mass is 32.1. The number of aromatic nitrogens is 3. The van der Waals surface area contributed by atoms with Gasteiger partial charge in [-0.3, -0.25) is 4.79 Å². The van der Waals surface area contributed by atoms with Gasteiger partial charge in [0.1, 0.15) is 22.3 Å². The molecule has 8 nitrogen and oxygen atoms in total. The van der Waals surface area contributed by atoms with Gasteiger partial charge in [-0.1, -0.05) is 11.3 Å². The number of nitrogens with zero attached hydrogens (tertiary/aromatic N) is 4. The predicted molar refractivity (Wildman–Crippen MR) is 90.4 cm³/mol. The van der Waals surface area contributed by atoms with Gasteiger partial charge in [0.2, 0.25) is 0 Å². The molecule has 1 amide bonds. The first-order valence-electron chi connectivity index (χ1n) is 7.38. The van der Waals surface area contributed by atoms with Gasteiger partial charge in [-0.2, -0.15) is 0 Å². The smallest absolute Gasteiger partial charge is 0.260 e. The molecule has 0 saturated carbocycles. The van der Waals surface area contributed by atoms with E-state index in [0.717, 1.165) is 25.5 Å². The Balaban J connectivity index is 1.80. The summed E-state index contributed by atoms with van der Waals surface area (Å²) in [5, 5.41) is 7.11. The number of primary amides is 1. The number of thiazole rings is 1. The third kappa shape index (κ3) is 3.74. The van der Waals surface area contributed by atoms with Crippen LogP contribution in [-0.2, 0) is 0 Å². The number of amides is 1. The lowest BCUT2D eigenvalue weighted by Crippen LogP contribution is -2.49. The van der Waals surface area contributed by atoms with Crippen molar-refractivity contribution < 1.29 is 4.79 Å². The largest absolute Gasteiger partial charge is 0.365 e. The van der Waals surface area contributed by atoms with Crippen LogP contribution in [0.25, 0.3) is 0 Å². The topological polar surface area (TPSA) is 109 Å². The van der Waals surface area contributed by atoms with E-state index in [1.165, 1.54) is 17.5 Å². The van der Waals surface area contributed by atoms with E-state index < -0.39 is 5.91 Å². The molecule has 1 aliphatic heterocycles. The van der Waals surface area contributed by atoms with Gasteiger partial charge in [0.05, 0.1) is 6.20 Å². The summed E-state index contributed by atoms with van der Waals surface area (Å²) in [5.41, 5.74) is 5.24. The van der Waals surface area contributed by atoms with E-state index in [9.17, 15) is 4.79 Å². The molecule has 3 heterocycles. The zero-order chi connectivity index (χ0) is 16.4. The Morgan fingerprint density at radius 2 is 2.35 bits per heavy atom. The second-order valence-corrected chi connectivity index (χ2v) is 6.51. The van der Waals surface area contributed by atoms with Crippen molar-refractivity contribution in [2.45, 2.75) is 19.9 Å². The fourth-order valence-corrected chi connectivity index (χ4v) is 3.15. The molecule has 0 aromatic carbocycles. The Labute approximate surface area is 138 Å². The Morgan fingerprint density at radius 1 is 1.52 bits per heavy atom. The van der Waals surface area contributed by atoms with Crippen molar-refractivity contribution >= 4 is 34.0 Å². The molecule has 0 bridgehead atoms. The maximum absolute atomic E-state index is 11.1. The second kappa shape index (κ2) is 6.47. The van der Waals surface area contributed by atoms with Gasteiger partial charge in [0.25, 0.3) is 5.91 Å². The summed E-state index contributed by atoms with van der Waals surface area (Å²) in [7, 11) is 0. The number of carbonyl (C=O) groups is 1. The molecule has 0 aliphatic carbocycles. The molecule has 2 aromatic heterocycles. The zero-order valence-electron chi connectivity index (χ0n) is 13.0. The molecule has 1 aliphatic rings. The number of aryl methyl sites for hydroxylation is 1. The fraction of sp³-hybridized carbons (Fsp3) is 0.429. The van der Waals surface area contributed by atoms with Crippen LogP contribution in [0.5, 0.6) is 0 Å². The number of anilines is 3. The van der Waals surface area contributed by atoms with Crippen LogP contribution in [0.1, 0.15) is 22.4 Å². The van der Waals surface area contributed by atoms with Gasteiger partial charge in [-0.25, -0.2) is 15.0 Å². The Morgan fingerprint density at radius 3 is 3.04 bits per heavy atom. The number of rotatable bonds is 4. The molecule has 122 valence electrons. The van der Waals surface area contributed by atoms with Crippen molar-refractivity contribution in [3.63, 3.8) is 0 Å². The molecule has 1 saturated heterocycles. The Hall–Kier alpha value is -2.26. The van der Waals surface area contributed by atoms with Crippen LogP contribution in [0.3, 0.4) is 0 Å². The molecule has 9 heteroatoms. The summed E-state index contributed by atoms with van der Waals surface area (Å²) in [6, 6.07) is 2.32. The van der Waals surface area contributed by atoms with Crippen molar-refractivity contribution in [2.24, 2.45) is 5.73 Å². The number of piperazine rings is 1. The van der Waals surface area contributed by atoms with Crippen LogP contribution < -0.4 is 21.3 Å². The first-order valence-corrected chi connectivity index (χ1v) is 8.19. The quantitative estimate of drug-likeness (QED) is 0.762. The van der Waals surface area contributed by atoms with E-state index >= 15 is 0 Å². The minimum absolute atomic E-state index is 0.412. The number of carbonyl (C=O) groups excluding carboxylic acids is 1. The summed E-state index contributed by atoms with van der Waals surface area (Å²) < 4.78 is 0. The maximum Gasteiger partial charge on any atom is 0.260 e. The molecule has 3 rings (SSSR count). The monoisotopic (exact) mass is 333 g/mol. The molecule has 1 atom stereocenters. The fourth-order valence-electron chi connectivity index (χ4n) is 2.47. The van der Waals surface area contributed by atoms with Gasteiger partial charge in [0.15, 0.2) is 5.13 Å². The van der Waals surface area contributed by atoms with E-state index in [1.54, 1.807) is 0 Å². The van der Waals surface area contributed by atoms with Crippen LogP contribution in [0.2, 0.25) is 0 Å². The van der Waals surface area contributed by atoms with Gasteiger partial charge in [-0.05, 0) is 13.8 Å². The average Bonchev–Trinajstić information content (AvgIpc) is 2.95. The molecule has 0 spiro atoms. The normalized spacial score (nSPS) is 18.0. The van der Waals surface area contributed by atoms with Crippen molar-refractivity contribution in [1.82, 2.24) is 20.3 Å². The number of nitrogens with two attached hydrogens (primary N) is 1. The summed E-state index contributed by atoms with van der Waals surface area (Å²) in [6.07, 6.45) is 1.46. The third-order valence-electron chi connectivity index (χ3n) is 3.50. The standard InChI is InChI=1S/C14H19N7OS/c1-8-7-21(4-3-16-8)12-5-11(18-9(2)19-12)20-14-17-6-10(23-14)13(15)22/h5-6,8,16H,3-4,7H2,1-2H3,(H2,15,22)(H,17,18,19,20)/t8-/m0/s1. The number of nitrogens with one attached hydrogen (secondary N) is 2. The number of hydrogen-bond acceptors (Lipinski definition) is 8. The highest BCUT2D eigenvalue weighted by molar-refractivity contribution is 7.17. The van der Waals surface area contributed by atoms with Crippen LogP contribution in [0.4, 0.5) is 16.8 Å². The third-order valence-corrected chi connectivity index (χ3v) is 4.43. The Kier molecular flexibility index (Phi) is 4.39. The zero-order valence-corrected chi connectivity index (χ0v) is 13.9. The SMILES string of the molecule is Cc1nc(Nc2ncc(C(N)=O)s2)cc(N2CCN[C@@H](C)C2)n1. The predicted octanol–water partition coefficient (Wildman–Crippen LogP) is 0.882. The number of hydrogen-bond donors (Lipinski definition) is 3. The van der Waals surface area contributed by atoms with Crippen LogP contribution in [-0.4, -0.2) is 46.5 Å².